The predicted octanol–water partition coefficient (Wildman–Crippen LogP) is 1.82. The lowest BCUT2D eigenvalue weighted by Gasteiger charge is -2.26. The molecular formula is C10H13N5. The number of hydrogen-bond acceptors (Lipinski definition) is 4. The number of nitrogens with one attached hydrogen (secondary N) is 2. The summed E-state index contributed by atoms with van der Waals surface area (Å²) < 4.78 is 0. The van der Waals surface area contributed by atoms with Gasteiger partial charge in [-0.05, 0) is 23.6 Å². The molecule has 78 valence electrons. The van der Waals surface area contributed by atoms with Crippen LogP contribution in [0.15, 0.2) is 23.4 Å². The zero-order valence-corrected chi connectivity index (χ0v) is 8.33. The van der Waals surface area contributed by atoms with E-state index >= 15 is 0 Å². The molecule has 1 aliphatic rings. The second kappa shape index (κ2) is 3.78. The van der Waals surface area contributed by atoms with Crippen LogP contribution in [0.1, 0.15) is 17.5 Å². The lowest BCUT2D eigenvalue weighted by atomic mass is 10.00. The Morgan fingerprint density at radius 2 is 2.20 bits per heavy atom. The zero-order chi connectivity index (χ0) is 10.8. The molecule has 0 spiro atoms. The molecule has 0 saturated heterocycles. The van der Waals surface area contributed by atoms with E-state index < -0.39 is 0 Å². The van der Waals surface area contributed by atoms with Gasteiger partial charge in [-0.15, -0.1) is 0 Å². The smallest absolute Gasteiger partial charge is 0.124 e. The fourth-order valence-corrected chi connectivity index (χ4v) is 1.79. The number of anilines is 1. The summed E-state index contributed by atoms with van der Waals surface area (Å²) in [5, 5.41) is 12.4. The molecule has 4 N–H and O–H groups in total. The molecule has 5 nitrogen and oxygen atoms in total. The summed E-state index contributed by atoms with van der Waals surface area (Å²) in [7, 11) is 0. The normalized spacial score (nSPS) is 15.0. The summed E-state index contributed by atoms with van der Waals surface area (Å²) in [4.78, 5) is 0. The van der Waals surface area contributed by atoms with Crippen LogP contribution in [0.25, 0.3) is 0 Å². The van der Waals surface area contributed by atoms with Crippen molar-refractivity contribution in [3.8, 4) is 0 Å². The molecule has 15 heavy (non-hydrogen) atoms. The molecular weight excluding hydrogens is 190 g/mol. The van der Waals surface area contributed by atoms with Crippen LogP contribution in [-0.4, -0.2) is 5.84 Å². The fourth-order valence-electron chi connectivity index (χ4n) is 1.79. The SMILES string of the molecule is N=NN1C(=N)CCc2cc(CN)ccc21. The van der Waals surface area contributed by atoms with Gasteiger partial charge in [0, 0.05) is 13.0 Å². The highest BCUT2D eigenvalue weighted by Gasteiger charge is 2.21. The maximum Gasteiger partial charge on any atom is 0.124 e. The summed E-state index contributed by atoms with van der Waals surface area (Å²) in [5.41, 5.74) is 15.6. The summed E-state index contributed by atoms with van der Waals surface area (Å²) in [6.07, 6.45) is 1.46. The summed E-state index contributed by atoms with van der Waals surface area (Å²) in [6, 6.07) is 5.82. The van der Waals surface area contributed by atoms with Crippen LogP contribution in [0.4, 0.5) is 5.69 Å². The van der Waals surface area contributed by atoms with Crippen LogP contribution in [-0.2, 0) is 13.0 Å². The first-order chi connectivity index (χ1) is 7.26. The van der Waals surface area contributed by atoms with Crippen molar-refractivity contribution in [3.63, 3.8) is 0 Å². The molecule has 1 heterocycles. The van der Waals surface area contributed by atoms with Crippen molar-refractivity contribution in [1.82, 2.24) is 0 Å². The van der Waals surface area contributed by atoms with Crippen molar-refractivity contribution in [2.24, 2.45) is 11.0 Å². The Kier molecular flexibility index (Phi) is 2.47. The van der Waals surface area contributed by atoms with Crippen molar-refractivity contribution < 1.29 is 0 Å². The van der Waals surface area contributed by atoms with Crippen molar-refractivity contribution in [2.75, 3.05) is 5.01 Å². The van der Waals surface area contributed by atoms with Crippen molar-refractivity contribution >= 4 is 11.5 Å². The van der Waals surface area contributed by atoms with Gasteiger partial charge in [-0.25, -0.2) is 5.01 Å². The maximum atomic E-state index is 7.66. The molecule has 0 unspecified atom stereocenters. The molecule has 0 saturated carbocycles. The van der Waals surface area contributed by atoms with Crippen LogP contribution in [0.5, 0.6) is 0 Å². The van der Waals surface area contributed by atoms with E-state index in [1.165, 1.54) is 5.01 Å². The molecule has 0 aliphatic carbocycles. The average Bonchev–Trinajstić information content (AvgIpc) is 2.28. The first-order valence-electron chi connectivity index (χ1n) is 4.83. The Bertz CT molecular complexity index is 412. The molecule has 0 amide bonds. The van der Waals surface area contributed by atoms with Crippen LogP contribution >= 0.6 is 0 Å². The van der Waals surface area contributed by atoms with Gasteiger partial charge >= 0.3 is 0 Å². The number of benzene rings is 1. The second-order valence-corrected chi connectivity index (χ2v) is 3.53. The second-order valence-electron chi connectivity index (χ2n) is 3.53. The largest absolute Gasteiger partial charge is 0.326 e. The first kappa shape index (κ1) is 9.79. The molecule has 0 bridgehead atoms. The van der Waals surface area contributed by atoms with Gasteiger partial charge in [0.25, 0.3) is 0 Å². The van der Waals surface area contributed by atoms with Gasteiger partial charge in [0.2, 0.25) is 0 Å². The third-order valence-electron chi connectivity index (χ3n) is 2.59. The molecule has 0 atom stereocenters. The van der Waals surface area contributed by atoms with Crippen LogP contribution in [0, 0.1) is 10.9 Å². The number of amidine groups is 1. The van der Waals surface area contributed by atoms with E-state index in [2.05, 4.69) is 5.22 Å². The van der Waals surface area contributed by atoms with Gasteiger partial charge < -0.3 is 5.73 Å². The highest BCUT2D eigenvalue weighted by molar-refractivity contribution is 5.97. The highest BCUT2D eigenvalue weighted by Crippen LogP contribution is 2.28. The van der Waals surface area contributed by atoms with Gasteiger partial charge in [-0.1, -0.05) is 17.4 Å². The summed E-state index contributed by atoms with van der Waals surface area (Å²) >= 11 is 0. The molecule has 5 heteroatoms. The lowest BCUT2D eigenvalue weighted by Crippen LogP contribution is -2.29. The average molecular weight is 203 g/mol. The van der Waals surface area contributed by atoms with E-state index in [0.717, 1.165) is 23.2 Å². The van der Waals surface area contributed by atoms with Crippen molar-refractivity contribution in [3.05, 3.63) is 29.3 Å². The van der Waals surface area contributed by atoms with E-state index in [-0.39, 0.29) is 0 Å². The molecule has 0 aromatic heterocycles. The van der Waals surface area contributed by atoms with Crippen LogP contribution in [0.3, 0.4) is 0 Å². The highest BCUT2D eigenvalue weighted by atomic mass is 15.5. The molecule has 1 aromatic rings. The van der Waals surface area contributed by atoms with Gasteiger partial charge in [0.05, 0.1) is 5.69 Å². The number of aryl methyl sites for hydroxylation is 1. The monoisotopic (exact) mass is 203 g/mol. The Hall–Kier alpha value is -1.75. The molecule has 1 aliphatic heterocycles. The first-order valence-corrected chi connectivity index (χ1v) is 4.83. The number of fused-ring (bicyclic) bond motifs is 1. The molecule has 2 rings (SSSR count). The number of hydrogen-bond donors (Lipinski definition) is 3. The molecule has 0 radical (unpaired) electrons. The van der Waals surface area contributed by atoms with E-state index in [0.29, 0.717) is 18.8 Å². The Labute approximate surface area is 87.9 Å². The van der Waals surface area contributed by atoms with E-state index in [1.54, 1.807) is 0 Å². The Morgan fingerprint density at radius 1 is 1.40 bits per heavy atom. The van der Waals surface area contributed by atoms with Gasteiger partial charge in [-0.2, -0.15) is 5.53 Å². The Balaban J connectivity index is 2.46. The topological polar surface area (TPSA) is 89.3 Å². The standard InChI is InChI=1S/C10H13N5/c11-6-7-1-3-9-8(5-7)2-4-10(12)15(9)14-13/h1,3,5,12-13H,2,4,6,11H2. The van der Waals surface area contributed by atoms with E-state index in [1.807, 2.05) is 18.2 Å². The Morgan fingerprint density at radius 3 is 2.87 bits per heavy atom. The minimum absolute atomic E-state index is 0.373. The van der Waals surface area contributed by atoms with Gasteiger partial charge in [0.15, 0.2) is 0 Å². The van der Waals surface area contributed by atoms with Crippen LogP contribution < -0.4 is 10.7 Å². The van der Waals surface area contributed by atoms with Crippen molar-refractivity contribution in [2.45, 2.75) is 19.4 Å². The van der Waals surface area contributed by atoms with E-state index in [9.17, 15) is 0 Å². The minimum Gasteiger partial charge on any atom is -0.326 e. The van der Waals surface area contributed by atoms with Gasteiger partial charge in [0.1, 0.15) is 5.84 Å². The number of nitrogens with two attached hydrogens (primary N) is 1. The minimum atomic E-state index is 0.373. The fraction of sp³-hybridized carbons (Fsp3) is 0.300. The molecule has 1 aromatic carbocycles. The number of rotatable bonds is 2. The quantitative estimate of drug-likeness (QED) is 0.640. The third kappa shape index (κ3) is 1.61. The lowest BCUT2D eigenvalue weighted by molar-refractivity contribution is 0.853. The van der Waals surface area contributed by atoms with E-state index in [4.69, 9.17) is 16.7 Å². The summed E-state index contributed by atoms with van der Waals surface area (Å²) in [6.45, 7) is 0.517. The van der Waals surface area contributed by atoms with Crippen molar-refractivity contribution in [1.29, 1.82) is 10.9 Å². The third-order valence-corrected chi connectivity index (χ3v) is 2.59. The predicted molar refractivity (Wildman–Crippen MR) is 58.0 cm³/mol. The van der Waals surface area contributed by atoms with Crippen LogP contribution in [0.2, 0.25) is 0 Å². The maximum absolute atomic E-state index is 7.66. The van der Waals surface area contributed by atoms with Gasteiger partial charge in [-0.3, -0.25) is 5.41 Å². The summed E-state index contributed by atoms with van der Waals surface area (Å²) in [5.74, 6) is 0.373. The number of nitrogens with zero attached hydrogens (tertiary/aromatic N) is 2. The zero-order valence-electron chi connectivity index (χ0n) is 8.33. The molecule has 0 fully saturated rings.